The molecule has 0 spiro atoms. The van der Waals surface area contributed by atoms with Crippen LogP contribution in [0.2, 0.25) is 0 Å². The van der Waals surface area contributed by atoms with E-state index in [1.807, 2.05) is 12.1 Å². The van der Waals surface area contributed by atoms with Crippen molar-refractivity contribution in [3.8, 4) is 5.75 Å². The van der Waals surface area contributed by atoms with Crippen molar-refractivity contribution in [3.63, 3.8) is 0 Å². The van der Waals surface area contributed by atoms with Gasteiger partial charge in [-0.1, -0.05) is 63.2 Å². The Labute approximate surface area is 164 Å². The average molecular weight is 367 g/mol. The minimum absolute atomic E-state index is 0.0311. The van der Waals surface area contributed by atoms with Gasteiger partial charge in [-0.25, -0.2) is 0 Å². The van der Waals surface area contributed by atoms with Crippen LogP contribution in [0.3, 0.4) is 0 Å². The van der Waals surface area contributed by atoms with Gasteiger partial charge in [0.2, 0.25) is 0 Å². The van der Waals surface area contributed by atoms with Gasteiger partial charge in [0.1, 0.15) is 5.75 Å². The first-order valence-electron chi connectivity index (χ1n) is 10.3. The predicted octanol–water partition coefficient (Wildman–Crippen LogP) is 4.36. The summed E-state index contributed by atoms with van der Waals surface area (Å²) in [5, 5.41) is 13.7. The highest BCUT2D eigenvalue weighted by Gasteiger charge is 2.33. The molecule has 2 N–H and O–H groups in total. The molecule has 1 fully saturated rings. The number of nitrogens with one attached hydrogen (secondary N) is 1. The molecule has 2 atom stereocenters. The van der Waals surface area contributed by atoms with Crippen LogP contribution in [0.15, 0.2) is 54.6 Å². The van der Waals surface area contributed by atoms with Gasteiger partial charge in [0, 0.05) is 25.2 Å². The fraction of sp³-hybridized carbons (Fsp3) is 0.500. The second kappa shape index (κ2) is 8.90. The van der Waals surface area contributed by atoms with Crippen LogP contribution in [0.25, 0.3) is 0 Å². The smallest absolute Gasteiger partial charge is 0.115 e. The Balaban J connectivity index is 1.66. The molecule has 1 unspecified atom stereocenters. The average Bonchev–Trinajstić information content (AvgIpc) is 2.65. The van der Waals surface area contributed by atoms with Gasteiger partial charge in [-0.15, -0.1) is 0 Å². The predicted molar refractivity (Wildman–Crippen MR) is 113 cm³/mol. The van der Waals surface area contributed by atoms with Gasteiger partial charge in [0.15, 0.2) is 0 Å². The summed E-state index contributed by atoms with van der Waals surface area (Å²) in [5.41, 5.74) is 2.65. The van der Waals surface area contributed by atoms with Crippen molar-refractivity contribution in [2.45, 2.75) is 57.5 Å². The Kier molecular flexibility index (Phi) is 6.56. The first-order chi connectivity index (χ1) is 13.0. The van der Waals surface area contributed by atoms with Crippen molar-refractivity contribution in [1.82, 2.24) is 10.2 Å². The molecule has 146 valence electrons. The molecule has 0 saturated carbocycles. The van der Waals surface area contributed by atoms with Crippen LogP contribution in [0.5, 0.6) is 5.75 Å². The standard InChI is InChI=1S/C24H34N2O/c1-4-13-26-18-21(14-19-9-6-5-7-10-19)25-17-22(26)16-24(2,3)20-11-8-12-23(27)15-20/h5-12,15,21-22,25,27H,4,13-14,16-18H2,1-3H3/t21-,22?/m0/s1. The molecular formula is C24H34N2O. The molecule has 0 amide bonds. The minimum Gasteiger partial charge on any atom is -0.508 e. The molecule has 1 aliphatic rings. The van der Waals surface area contributed by atoms with Crippen molar-refractivity contribution in [2.75, 3.05) is 19.6 Å². The fourth-order valence-corrected chi connectivity index (χ4v) is 4.36. The highest BCUT2D eigenvalue weighted by molar-refractivity contribution is 5.32. The van der Waals surface area contributed by atoms with Crippen LogP contribution in [0.4, 0.5) is 0 Å². The summed E-state index contributed by atoms with van der Waals surface area (Å²) in [6.45, 7) is 10.1. The number of phenolic OH excluding ortho intramolecular Hbond substituents is 1. The number of benzene rings is 2. The summed E-state index contributed by atoms with van der Waals surface area (Å²) in [5.74, 6) is 0.357. The summed E-state index contributed by atoms with van der Waals surface area (Å²) in [7, 11) is 0. The molecule has 1 saturated heterocycles. The summed E-state index contributed by atoms with van der Waals surface area (Å²) >= 11 is 0. The van der Waals surface area contributed by atoms with E-state index in [2.05, 4.69) is 67.4 Å². The van der Waals surface area contributed by atoms with Crippen LogP contribution in [0.1, 0.15) is 44.7 Å². The normalized spacial score (nSPS) is 21.3. The lowest BCUT2D eigenvalue weighted by molar-refractivity contribution is 0.108. The quantitative estimate of drug-likeness (QED) is 0.764. The van der Waals surface area contributed by atoms with E-state index >= 15 is 0 Å². The molecule has 0 aliphatic carbocycles. The molecule has 3 rings (SSSR count). The summed E-state index contributed by atoms with van der Waals surface area (Å²) in [6.07, 6.45) is 3.35. The molecule has 3 nitrogen and oxygen atoms in total. The van der Waals surface area contributed by atoms with E-state index in [1.165, 1.54) is 17.5 Å². The van der Waals surface area contributed by atoms with E-state index in [-0.39, 0.29) is 5.41 Å². The fourth-order valence-electron chi connectivity index (χ4n) is 4.36. The zero-order valence-electron chi connectivity index (χ0n) is 17.0. The molecular weight excluding hydrogens is 332 g/mol. The van der Waals surface area contributed by atoms with Gasteiger partial charge in [0.25, 0.3) is 0 Å². The van der Waals surface area contributed by atoms with Gasteiger partial charge < -0.3 is 10.4 Å². The van der Waals surface area contributed by atoms with Crippen LogP contribution >= 0.6 is 0 Å². The lowest BCUT2D eigenvalue weighted by atomic mass is 9.78. The van der Waals surface area contributed by atoms with Gasteiger partial charge in [-0.3, -0.25) is 4.90 Å². The van der Waals surface area contributed by atoms with Crippen molar-refractivity contribution in [3.05, 3.63) is 65.7 Å². The number of phenols is 1. The molecule has 3 heteroatoms. The second-order valence-electron chi connectivity index (χ2n) is 8.58. The molecule has 1 aliphatic heterocycles. The van der Waals surface area contributed by atoms with Gasteiger partial charge in [0.05, 0.1) is 0 Å². The Morgan fingerprint density at radius 3 is 2.59 bits per heavy atom. The Bertz CT molecular complexity index is 713. The highest BCUT2D eigenvalue weighted by Crippen LogP contribution is 2.32. The molecule has 0 aromatic heterocycles. The van der Waals surface area contributed by atoms with Crippen molar-refractivity contribution < 1.29 is 5.11 Å². The summed E-state index contributed by atoms with van der Waals surface area (Å²) in [6, 6.07) is 19.6. The third-order valence-corrected chi connectivity index (χ3v) is 5.82. The number of aromatic hydroxyl groups is 1. The molecule has 0 radical (unpaired) electrons. The topological polar surface area (TPSA) is 35.5 Å². The van der Waals surface area contributed by atoms with Crippen molar-refractivity contribution in [1.29, 1.82) is 0 Å². The van der Waals surface area contributed by atoms with E-state index in [0.29, 0.717) is 17.8 Å². The third kappa shape index (κ3) is 5.33. The van der Waals surface area contributed by atoms with E-state index in [9.17, 15) is 5.11 Å². The van der Waals surface area contributed by atoms with Crippen LogP contribution < -0.4 is 5.32 Å². The number of nitrogens with zero attached hydrogens (tertiary/aromatic N) is 1. The number of hydrogen-bond acceptors (Lipinski definition) is 3. The Morgan fingerprint density at radius 2 is 1.89 bits per heavy atom. The largest absolute Gasteiger partial charge is 0.508 e. The van der Waals surface area contributed by atoms with Crippen molar-refractivity contribution >= 4 is 0 Å². The number of hydrogen-bond donors (Lipinski definition) is 2. The highest BCUT2D eigenvalue weighted by atomic mass is 16.3. The van der Waals surface area contributed by atoms with Crippen LogP contribution in [-0.2, 0) is 11.8 Å². The molecule has 2 aromatic carbocycles. The maximum absolute atomic E-state index is 9.87. The second-order valence-corrected chi connectivity index (χ2v) is 8.58. The lowest BCUT2D eigenvalue weighted by Gasteiger charge is -2.43. The minimum atomic E-state index is 0.0311. The first-order valence-corrected chi connectivity index (χ1v) is 10.3. The van der Waals surface area contributed by atoms with Crippen LogP contribution in [0, 0.1) is 0 Å². The Morgan fingerprint density at radius 1 is 1.11 bits per heavy atom. The molecule has 2 aromatic rings. The van der Waals surface area contributed by atoms with E-state index in [4.69, 9.17) is 0 Å². The van der Waals surface area contributed by atoms with E-state index in [0.717, 1.165) is 32.5 Å². The van der Waals surface area contributed by atoms with Gasteiger partial charge in [-0.05, 0) is 54.5 Å². The SMILES string of the molecule is CCCN1C[C@H](Cc2ccccc2)NCC1CC(C)(C)c1cccc(O)c1. The Hall–Kier alpha value is -1.84. The number of piperazine rings is 1. The zero-order chi connectivity index (χ0) is 19.3. The maximum atomic E-state index is 9.87. The van der Waals surface area contributed by atoms with Gasteiger partial charge in [-0.2, -0.15) is 0 Å². The third-order valence-electron chi connectivity index (χ3n) is 5.82. The van der Waals surface area contributed by atoms with E-state index < -0.39 is 0 Å². The molecule has 1 heterocycles. The zero-order valence-corrected chi connectivity index (χ0v) is 17.0. The monoisotopic (exact) mass is 366 g/mol. The first kappa shape index (κ1) is 19.9. The summed E-state index contributed by atoms with van der Waals surface area (Å²) in [4.78, 5) is 2.68. The van der Waals surface area contributed by atoms with E-state index in [1.54, 1.807) is 6.07 Å². The number of rotatable bonds is 7. The maximum Gasteiger partial charge on any atom is 0.115 e. The van der Waals surface area contributed by atoms with Crippen molar-refractivity contribution in [2.24, 2.45) is 0 Å². The lowest BCUT2D eigenvalue weighted by Crippen LogP contribution is -2.58. The van der Waals surface area contributed by atoms with Crippen LogP contribution in [-0.4, -0.2) is 41.7 Å². The molecule has 27 heavy (non-hydrogen) atoms. The van der Waals surface area contributed by atoms with Gasteiger partial charge >= 0.3 is 0 Å². The molecule has 0 bridgehead atoms. The summed E-state index contributed by atoms with van der Waals surface area (Å²) < 4.78 is 0.